The third kappa shape index (κ3) is 1.94. The molecular weight excluding hydrogens is 202 g/mol. The van der Waals surface area contributed by atoms with Gasteiger partial charge in [-0.15, -0.1) is 0 Å². The molecule has 4 nitrogen and oxygen atoms in total. The van der Waals surface area contributed by atoms with Gasteiger partial charge in [0.2, 0.25) is 0 Å². The van der Waals surface area contributed by atoms with Gasteiger partial charge in [0, 0.05) is 0 Å². The zero-order valence-corrected chi connectivity index (χ0v) is 9.29. The van der Waals surface area contributed by atoms with E-state index in [1.165, 1.54) is 0 Å². The maximum absolute atomic E-state index is 11.6. The van der Waals surface area contributed by atoms with Crippen LogP contribution in [0.2, 0.25) is 0 Å². The first-order valence-corrected chi connectivity index (χ1v) is 5.49. The number of carbonyl (C=O) groups excluding carboxylic acids is 1. The third-order valence-corrected chi connectivity index (χ3v) is 2.81. The maximum Gasteiger partial charge on any atom is 0.197 e. The van der Waals surface area contributed by atoms with Crippen molar-refractivity contribution in [2.75, 3.05) is 0 Å². The van der Waals surface area contributed by atoms with E-state index in [2.05, 4.69) is 9.97 Å². The van der Waals surface area contributed by atoms with E-state index in [4.69, 9.17) is 5.26 Å². The fraction of sp³-hybridized carbons (Fsp3) is 0.500. The summed E-state index contributed by atoms with van der Waals surface area (Å²) in [5, 5.41) is 8.51. The van der Waals surface area contributed by atoms with Crippen LogP contribution in [0.4, 0.5) is 0 Å². The van der Waals surface area contributed by atoms with E-state index in [0.29, 0.717) is 11.4 Å². The van der Waals surface area contributed by atoms with Crippen molar-refractivity contribution in [3.63, 3.8) is 0 Å². The van der Waals surface area contributed by atoms with Gasteiger partial charge in [0.25, 0.3) is 0 Å². The van der Waals surface area contributed by atoms with Crippen molar-refractivity contribution < 1.29 is 4.79 Å². The molecule has 0 amide bonds. The highest BCUT2D eigenvalue weighted by molar-refractivity contribution is 5.96. The molecule has 1 aromatic rings. The van der Waals surface area contributed by atoms with Gasteiger partial charge in [0.05, 0.1) is 23.2 Å². The normalized spacial score (nSPS) is 14.0. The topological polar surface area (TPSA) is 66.6 Å². The van der Waals surface area contributed by atoms with E-state index in [1.54, 1.807) is 6.92 Å². The number of hydrogen-bond donors (Lipinski definition) is 0. The molecule has 0 atom stereocenters. The predicted molar refractivity (Wildman–Crippen MR) is 58.0 cm³/mol. The minimum absolute atomic E-state index is 0.117. The van der Waals surface area contributed by atoms with Crippen molar-refractivity contribution >= 4 is 5.78 Å². The van der Waals surface area contributed by atoms with E-state index < -0.39 is 0 Å². The number of aromatic nitrogens is 2. The van der Waals surface area contributed by atoms with Crippen LogP contribution in [-0.2, 0) is 12.8 Å². The van der Waals surface area contributed by atoms with E-state index in [9.17, 15) is 4.79 Å². The van der Waals surface area contributed by atoms with Crippen LogP contribution in [0.15, 0.2) is 0 Å². The van der Waals surface area contributed by atoms with E-state index in [-0.39, 0.29) is 12.2 Å². The molecule has 16 heavy (non-hydrogen) atoms. The second kappa shape index (κ2) is 4.40. The van der Waals surface area contributed by atoms with Crippen molar-refractivity contribution in [3.8, 4) is 6.07 Å². The predicted octanol–water partition coefficient (Wildman–Crippen LogP) is 1.76. The van der Waals surface area contributed by atoms with E-state index >= 15 is 0 Å². The number of fused-ring (bicyclic) bond motifs is 1. The van der Waals surface area contributed by atoms with Crippen LogP contribution in [0.5, 0.6) is 0 Å². The molecule has 0 bridgehead atoms. The van der Waals surface area contributed by atoms with Crippen molar-refractivity contribution in [2.45, 2.75) is 39.0 Å². The average molecular weight is 215 g/mol. The molecule has 0 aliphatic heterocycles. The Morgan fingerprint density at radius 3 is 2.56 bits per heavy atom. The monoisotopic (exact) mass is 215 g/mol. The number of nitriles is 1. The summed E-state index contributed by atoms with van der Waals surface area (Å²) in [5.74, 6) is -0.221. The number of ketones is 1. The Morgan fingerprint density at radius 2 is 1.94 bits per heavy atom. The first kappa shape index (κ1) is 10.7. The summed E-state index contributed by atoms with van der Waals surface area (Å²) >= 11 is 0. The average Bonchev–Trinajstić information content (AvgIpc) is 2.28. The minimum Gasteiger partial charge on any atom is -0.291 e. The van der Waals surface area contributed by atoms with Crippen molar-refractivity contribution in [2.24, 2.45) is 0 Å². The first-order valence-electron chi connectivity index (χ1n) is 5.49. The second-order valence-corrected chi connectivity index (χ2v) is 4.02. The van der Waals surface area contributed by atoms with Gasteiger partial charge >= 0.3 is 0 Å². The summed E-state index contributed by atoms with van der Waals surface area (Å²) in [5.41, 5.74) is 3.00. The SMILES string of the molecule is Cc1nc2c(nc1C(=O)CC#N)CCCC2. The standard InChI is InChI=1S/C12H13N3O/c1-8-12(11(16)6-7-13)15-10-5-3-2-4-9(10)14-8/h2-6H2,1H3. The molecule has 1 heterocycles. The lowest BCUT2D eigenvalue weighted by Gasteiger charge is -2.15. The quantitative estimate of drug-likeness (QED) is 0.705. The van der Waals surface area contributed by atoms with Crippen molar-refractivity contribution in [1.82, 2.24) is 9.97 Å². The van der Waals surface area contributed by atoms with Crippen LogP contribution in [0.25, 0.3) is 0 Å². The third-order valence-electron chi connectivity index (χ3n) is 2.81. The summed E-state index contributed by atoms with van der Waals surface area (Å²) in [6.07, 6.45) is 3.99. The van der Waals surface area contributed by atoms with Crippen LogP contribution in [0.3, 0.4) is 0 Å². The fourth-order valence-electron chi connectivity index (χ4n) is 2.01. The van der Waals surface area contributed by atoms with Gasteiger partial charge in [-0.2, -0.15) is 5.26 Å². The Balaban J connectivity index is 2.40. The summed E-state index contributed by atoms with van der Waals surface area (Å²) in [6, 6.07) is 1.86. The molecule has 0 N–H and O–H groups in total. The van der Waals surface area contributed by atoms with Gasteiger partial charge in [0.1, 0.15) is 12.1 Å². The maximum atomic E-state index is 11.6. The molecule has 0 saturated heterocycles. The Kier molecular flexibility index (Phi) is 2.95. The molecule has 0 saturated carbocycles. The highest BCUT2D eigenvalue weighted by Gasteiger charge is 2.18. The molecule has 82 valence electrons. The largest absolute Gasteiger partial charge is 0.291 e. The summed E-state index contributed by atoms with van der Waals surface area (Å²) in [4.78, 5) is 20.4. The molecule has 2 rings (SSSR count). The molecule has 0 spiro atoms. The Morgan fingerprint density at radius 1 is 1.31 bits per heavy atom. The molecule has 1 aromatic heterocycles. The molecule has 1 aliphatic carbocycles. The smallest absolute Gasteiger partial charge is 0.197 e. The summed E-state index contributed by atoms with van der Waals surface area (Å²) < 4.78 is 0. The highest BCUT2D eigenvalue weighted by atomic mass is 16.1. The lowest BCUT2D eigenvalue weighted by molar-refractivity contribution is 0.0991. The molecule has 1 aliphatic rings. The minimum atomic E-state index is -0.221. The Labute approximate surface area is 94.3 Å². The van der Waals surface area contributed by atoms with Crippen LogP contribution in [-0.4, -0.2) is 15.8 Å². The molecule has 0 unspecified atom stereocenters. The zero-order valence-electron chi connectivity index (χ0n) is 9.29. The van der Waals surface area contributed by atoms with Crippen molar-refractivity contribution in [3.05, 3.63) is 22.8 Å². The van der Waals surface area contributed by atoms with Gasteiger partial charge in [-0.05, 0) is 32.6 Å². The molecule has 0 radical (unpaired) electrons. The van der Waals surface area contributed by atoms with Crippen LogP contribution < -0.4 is 0 Å². The molecular formula is C12H13N3O. The van der Waals surface area contributed by atoms with Crippen molar-refractivity contribution in [1.29, 1.82) is 5.26 Å². The Bertz CT molecular complexity index is 474. The van der Waals surface area contributed by atoms with Crippen LogP contribution >= 0.6 is 0 Å². The van der Waals surface area contributed by atoms with Gasteiger partial charge in [0.15, 0.2) is 5.78 Å². The van der Waals surface area contributed by atoms with Gasteiger partial charge in [-0.1, -0.05) is 0 Å². The number of Topliss-reactive ketones (excluding diaryl/α,β-unsaturated/α-hetero) is 1. The lowest BCUT2D eigenvalue weighted by Crippen LogP contribution is -2.15. The second-order valence-electron chi connectivity index (χ2n) is 4.02. The molecule has 0 fully saturated rings. The van der Waals surface area contributed by atoms with Crippen LogP contribution in [0.1, 0.15) is 46.8 Å². The lowest BCUT2D eigenvalue weighted by atomic mass is 9.99. The van der Waals surface area contributed by atoms with E-state index in [1.807, 2.05) is 6.07 Å². The number of nitrogens with zero attached hydrogens (tertiary/aromatic N) is 3. The highest BCUT2D eigenvalue weighted by Crippen LogP contribution is 2.19. The number of aryl methyl sites for hydroxylation is 3. The van der Waals surface area contributed by atoms with Gasteiger partial charge in [-0.25, -0.2) is 4.98 Å². The van der Waals surface area contributed by atoms with Crippen LogP contribution in [0, 0.1) is 18.3 Å². The summed E-state index contributed by atoms with van der Waals surface area (Å²) in [6.45, 7) is 1.78. The first-order chi connectivity index (χ1) is 7.72. The van der Waals surface area contributed by atoms with Gasteiger partial charge < -0.3 is 0 Å². The summed E-state index contributed by atoms with van der Waals surface area (Å²) in [7, 11) is 0. The fourth-order valence-corrected chi connectivity index (χ4v) is 2.01. The molecule has 4 heteroatoms. The van der Waals surface area contributed by atoms with E-state index in [0.717, 1.165) is 37.1 Å². The van der Waals surface area contributed by atoms with Gasteiger partial charge in [-0.3, -0.25) is 9.78 Å². The number of rotatable bonds is 2. The Hall–Kier alpha value is -1.76. The zero-order chi connectivity index (χ0) is 11.5. The molecule has 0 aromatic carbocycles. The number of hydrogen-bond acceptors (Lipinski definition) is 4. The number of carbonyl (C=O) groups is 1.